The predicted molar refractivity (Wildman–Crippen MR) is 72.5 cm³/mol. The maximum atomic E-state index is 12.8. The molecule has 2 atom stereocenters. The second kappa shape index (κ2) is 9.13. The first kappa shape index (κ1) is 18.2. The summed E-state index contributed by atoms with van der Waals surface area (Å²) in [6, 6.07) is 0. The fourth-order valence-electron chi connectivity index (χ4n) is 1.59. The van der Waals surface area contributed by atoms with Gasteiger partial charge in [-0.2, -0.15) is 0 Å². The molecule has 0 aliphatic heterocycles. The van der Waals surface area contributed by atoms with Gasteiger partial charge in [0.15, 0.2) is 0 Å². The Kier molecular flexibility index (Phi) is 9.22. The van der Waals surface area contributed by atoms with E-state index in [9.17, 15) is 9.13 Å². The zero-order valence-electron chi connectivity index (χ0n) is 11.3. The fourth-order valence-corrected chi connectivity index (χ4v) is 4.80. The van der Waals surface area contributed by atoms with Crippen molar-refractivity contribution in [2.45, 2.75) is 38.7 Å². The maximum absolute atomic E-state index is 12.8. The zero-order valence-corrected chi connectivity index (χ0v) is 13.2. The van der Waals surface area contributed by atoms with E-state index in [0.29, 0.717) is 13.0 Å². The van der Waals surface area contributed by atoms with Gasteiger partial charge in [0.05, 0.1) is 13.2 Å². The first-order chi connectivity index (χ1) is 8.55. The van der Waals surface area contributed by atoms with Crippen molar-refractivity contribution in [2.24, 2.45) is 5.73 Å². The maximum Gasteiger partial charge on any atom is 0.412 e. The molecule has 18 heavy (non-hydrogen) atoms. The average Bonchev–Trinajstić information content (AvgIpc) is 2.35. The summed E-state index contributed by atoms with van der Waals surface area (Å²) < 4.78 is 40.3. The molecule has 0 fully saturated rings. The second-order valence-electron chi connectivity index (χ2n) is 3.54. The Bertz CT molecular complexity index is 279. The molecule has 0 rings (SSSR count). The van der Waals surface area contributed by atoms with Crippen LogP contribution in [0.2, 0.25) is 0 Å². The molecule has 0 spiro atoms. The average molecular weight is 300 g/mol. The minimum Gasteiger partial charge on any atom is -0.330 e. The highest BCUT2D eigenvalue weighted by Gasteiger charge is 2.60. The molecule has 0 bridgehead atoms. The molecule has 0 aromatic rings. The van der Waals surface area contributed by atoms with Crippen molar-refractivity contribution in [2.75, 3.05) is 26.4 Å². The van der Waals surface area contributed by atoms with Gasteiger partial charge in [0, 0.05) is 13.0 Å². The van der Waals surface area contributed by atoms with Crippen molar-refractivity contribution >= 4 is 16.1 Å². The first-order valence-corrected chi connectivity index (χ1v) is 8.63. The lowest BCUT2D eigenvalue weighted by Gasteiger charge is -2.28. The third kappa shape index (κ3) is 4.37. The molecular weight excluding hydrogens is 276 g/mol. The summed E-state index contributed by atoms with van der Waals surface area (Å²) in [7, 11) is -4.52. The first-order valence-electron chi connectivity index (χ1n) is 6.18. The van der Waals surface area contributed by atoms with Gasteiger partial charge in [0.2, 0.25) is 0 Å². The van der Waals surface area contributed by atoms with E-state index in [-0.39, 0.29) is 26.2 Å². The molecule has 0 aliphatic rings. The van der Waals surface area contributed by atoms with Gasteiger partial charge >= 0.3 is 21.1 Å². The lowest BCUT2D eigenvalue weighted by atomic mass is 10.3. The van der Waals surface area contributed by atoms with Crippen LogP contribution in [0, 0.1) is 0 Å². The highest BCUT2D eigenvalue weighted by Crippen LogP contribution is 2.66. The smallest absolute Gasteiger partial charge is 0.330 e. The van der Waals surface area contributed by atoms with Gasteiger partial charge in [-0.1, -0.05) is 4.57 Å². The summed E-state index contributed by atoms with van der Waals surface area (Å²) in [5.74, 6) is 0. The van der Waals surface area contributed by atoms with Crippen molar-refractivity contribution in [3.8, 4) is 0 Å². The Labute approximate surface area is 110 Å². The number of nitrogens with two attached hydrogens (primary N) is 1. The number of ether oxygens (including phenoxy) is 1. The highest BCUT2D eigenvalue weighted by atomic mass is 31.2. The minimum absolute atomic E-state index is 0.208. The Balaban J connectivity index is 5.30. The molecule has 0 radical (unpaired) electrons. The van der Waals surface area contributed by atoms with E-state index in [4.69, 9.17) is 19.5 Å². The Morgan fingerprint density at radius 2 is 1.72 bits per heavy atom. The van der Waals surface area contributed by atoms with Crippen LogP contribution < -0.4 is 5.73 Å². The van der Waals surface area contributed by atoms with Gasteiger partial charge in [-0.15, -0.1) is 0 Å². The lowest BCUT2D eigenvalue weighted by Crippen LogP contribution is -2.29. The molecule has 1 unspecified atom stereocenters. The fraction of sp³-hybridized carbons (Fsp3) is 1.00. The standard InChI is InChI=1S/C10H23NO5P2/c1-4-14-10(17-12,8-7-9-11)18(13,15-5-2)16-6-3/h4-9,11H2,1-3H3/p+1/t10-/m1/s1. The quantitative estimate of drug-likeness (QED) is 0.590. The van der Waals surface area contributed by atoms with E-state index in [1.54, 1.807) is 20.8 Å². The summed E-state index contributed by atoms with van der Waals surface area (Å²) in [6.45, 7) is 6.26. The van der Waals surface area contributed by atoms with E-state index >= 15 is 0 Å². The molecule has 2 N–H and O–H groups in total. The van der Waals surface area contributed by atoms with Crippen molar-refractivity contribution in [3.63, 3.8) is 0 Å². The zero-order chi connectivity index (χ0) is 14.1. The van der Waals surface area contributed by atoms with Crippen LogP contribution in [0.1, 0.15) is 33.6 Å². The number of hydrogen-bond acceptors (Lipinski definition) is 6. The van der Waals surface area contributed by atoms with E-state index < -0.39 is 21.1 Å². The largest absolute Gasteiger partial charge is 0.412 e. The van der Waals surface area contributed by atoms with Gasteiger partial charge in [-0.25, -0.2) is 0 Å². The Morgan fingerprint density at radius 1 is 1.17 bits per heavy atom. The van der Waals surface area contributed by atoms with Crippen LogP contribution in [0.4, 0.5) is 0 Å². The molecule has 8 heteroatoms. The third-order valence-electron chi connectivity index (χ3n) is 2.30. The topological polar surface area (TPSA) is 87.9 Å². The van der Waals surface area contributed by atoms with Gasteiger partial charge in [0.25, 0.3) is 0 Å². The summed E-state index contributed by atoms with van der Waals surface area (Å²) >= 11 is 0. The normalized spacial score (nSPS) is 15.8. The van der Waals surface area contributed by atoms with Crippen LogP contribution in [0.25, 0.3) is 0 Å². The SMILES string of the molecule is CCO[C@](CCCN)([PH+]=O)P(=O)(OCC)OCC. The molecule has 0 aromatic carbocycles. The van der Waals surface area contributed by atoms with Crippen molar-refractivity contribution in [1.29, 1.82) is 0 Å². The van der Waals surface area contributed by atoms with Crippen LogP contribution >= 0.6 is 16.1 Å². The summed E-state index contributed by atoms with van der Waals surface area (Å²) in [4.78, 5) is 0. The Hall–Kier alpha value is 0.170. The molecule has 0 heterocycles. The van der Waals surface area contributed by atoms with Gasteiger partial charge < -0.3 is 19.5 Å². The van der Waals surface area contributed by atoms with Crippen LogP contribution in [0.3, 0.4) is 0 Å². The molecule has 0 aliphatic carbocycles. The molecule has 0 saturated carbocycles. The van der Waals surface area contributed by atoms with Crippen molar-refractivity contribution in [3.05, 3.63) is 0 Å². The van der Waals surface area contributed by atoms with Gasteiger partial charge in [-0.3, -0.25) is 4.57 Å². The van der Waals surface area contributed by atoms with Crippen molar-refractivity contribution in [1.82, 2.24) is 0 Å². The van der Waals surface area contributed by atoms with E-state index in [0.717, 1.165) is 0 Å². The van der Waals surface area contributed by atoms with Crippen LogP contribution in [-0.4, -0.2) is 31.4 Å². The Morgan fingerprint density at radius 3 is 2.06 bits per heavy atom. The van der Waals surface area contributed by atoms with E-state index in [1.165, 1.54) is 0 Å². The van der Waals surface area contributed by atoms with Crippen LogP contribution in [0.5, 0.6) is 0 Å². The summed E-state index contributed by atoms with van der Waals surface area (Å²) in [5, 5.41) is -1.40. The summed E-state index contributed by atoms with van der Waals surface area (Å²) in [6.07, 6.45) is 0.829. The number of rotatable bonds is 11. The third-order valence-corrected chi connectivity index (χ3v) is 6.55. The van der Waals surface area contributed by atoms with E-state index in [1.807, 2.05) is 0 Å². The highest BCUT2D eigenvalue weighted by molar-refractivity contribution is 7.64. The van der Waals surface area contributed by atoms with Crippen LogP contribution in [-0.2, 0) is 22.9 Å². The molecular formula is C10H24NO5P2+. The molecule has 6 nitrogen and oxygen atoms in total. The molecule has 0 aromatic heterocycles. The van der Waals surface area contributed by atoms with E-state index in [2.05, 4.69) is 0 Å². The van der Waals surface area contributed by atoms with Crippen molar-refractivity contribution < 1.29 is 22.9 Å². The predicted octanol–water partition coefficient (Wildman–Crippen LogP) is 2.71. The number of hydrogen-bond donors (Lipinski definition) is 1. The summed E-state index contributed by atoms with van der Waals surface area (Å²) in [5.41, 5.74) is 5.45. The van der Waals surface area contributed by atoms with Crippen LogP contribution in [0.15, 0.2) is 0 Å². The lowest BCUT2D eigenvalue weighted by molar-refractivity contribution is 0.0462. The minimum atomic E-state index is -3.58. The van der Waals surface area contributed by atoms with Gasteiger partial charge in [-0.05, 0) is 33.7 Å². The molecule has 0 amide bonds. The molecule has 0 saturated heterocycles. The molecule has 108 valence electrons. The van der Waals surface area contributed by atoms with Gasteiger partial charge in [0.1, 0.15) is 0 Å². The second-order valence-corrected chi connectivity index (χ2v) is 7.21. The monoisotopic (exact) mass is 300 g/mol.